The molecule has 0 saturated carbocycles. The van der Waals surface area contributed by atoms with Gasteiger partial charge in [-0.1, -0.05) is 48.5 Å². The van der Waals surface area contributed by atoms with Gasteiger partial charge in [0.05, 0.1) is 11.2 Å². The number of benzene rings is 2. The van der Waals surface area contributed by atoms with Gasteiger partial charge in [-0.3, -0.25) is 9.36 Å². The zero-order valence-corrected chi connectivity index (χ0v) is 12.8. The lowest BCUT2D eigenvalue weighted by molar-refractivity contribution is 0.0977. The Kier molecular flexibility index (Phi) is 5.03. The van der Waals surface area contributed by atoms with E-state index in [1.165, 1.54) is 0 Å². The summed E-state index contributed by atoms with van der Waals surface area (Å²) in [6, 6.07) is 16.7. The van der Waals surface area contributed by atoms with E-state index in [4.69, 9.17) is 0 Å². The Morgan fingerprint density at radius 2 is 1.70 bits per heavy atom. The van der Waals surface area contributed by atoms with Crippen LogP contribution >= 0.6 is 0 Å². The van der Waals surface area contributed by atoms with Crippen LogP contribution in [0, 0.1) is 6.92 Å². The molecule has 5 heteroatoms. The van der Waals surface area contributed by atoms with E-state index in [-0.39, 0.29) is 23.4 Å². The highest BCUT2D eigenvalue weighted by molar-refractivity contribution is 5.96. The molecule has 5 nitrogen and oxygen atoms in total. The van der Waals surface area contributed by atoms with Gasteiger partial charge in [0.2, 0.25) is 0 Å². The number of para-hydroxylation sites is 1. The zero-order chi connectivity index (χ0) is 15.5. The number of aromatic nitrogens is 2. The molecule has 0 aliphatic heterocycles. The normalized spacial score (nSPS) is 10.3. The second kappa shape index (κ2) is 6.98. The smallest absolute Gasteiger partial charge is 0.348 e. The highest BCUT2D eigenvalue weighted by Gasteiger charge is 2.10. The van der Waals surface area contributed by atoms with E-state index in [1.807, 2.05) is 49.4 Å². The van der Waals surface area contributed by atoms with Gasteiger partial charge in [0.15, 0.2) is 5.78 Å². The van der Waals surface area contributed by atoms with Crippen molar-refractivity contribution in [3.63, 3.8) is 0 Å². The summed E-state index contributed by atoms with van der Waals surface area (Å²) in [5, 5.41) is 0.939. The third-order valence-corrected chi connectivity index (χ3v) is 3.74. The van der Waals surface area contributed by atoms with Gasteiger partial charge in [-0.25, -0.2) is 4.79 Å². The molecule has 0 spiro atoms. The molecule has 0 atom stereocenters. The molecule has 3 aromatic rings. The number of hydrogen-bond acceptors (Lipinski definition) is 3. The van der Waals surface area contributed by atoms with Gasteiger partial charge in [-0.2, -0.15) is 4.98 Å². The fourth-order valence-corrected chi connectivity index (χ4v) is 2.58. The largest absolute Gasteiger partial charge is 0.412 e. The first-order chi connectivity index (χ1) is 10.7. The molecule has 1 heterocycles. The summed E-state index contributed by atoms with van der Waals surface area (Å²) < 4.78 is 1.57. The van der Waals surface area contributed by atoms with Gasteiger partial charge in [-0.05, 0) is 13.0 Å². The van der Waals surface area contributed by atoms with Crippen LogP contribution in [0.3, 0.4) is 0 Å². The Labute approximate surface area is 133 Å². The van der Waals surface area contributed by atoms with Gasteiger partial charge < -0.3 is 5.48 Å². The topological polar surface area (TPSA) is 83.5 Å². The molecular formula is C18H18N2O3. The molecule has 0 bridgehead atoms. The Hall–Kier alpha value is -2.79. The van der Waals surface area contributed by atoms with Crippen molar-refractivity contribution in [2.45, 2.75) is 19.9 Å². The number of nitrogens with zero attached hydrogens (tertiary/aromatic N) is 2. The molecule has 0 amide bonds. The maximum absolute atomic E-state index is 12.2. The fourth-order valence-electron chi connectivity index (χ4n) is 2.58. The number of Topliss-reactive ketones (excluding diaryl/α,β-unsaturated/α-hetero) is 1. The first-order valence-electron chi connectivity index (χ1n) is 7.21. The lowest BCUT2D eigenvalue weighted by atomic mass is 10.1. The van der Waals surface area contributed by atoms with Gasteiger partial charge >= 0.3 is 5.69 Å². The number of fused-ring (bicyclic) bond motifs is 1. The van der Waals surface area contributed by atoms with Crippen LogP contribution in [-0.2, 0) is 6.54 Å². The van der Waals surface area contributed by atoms with E-state index in [1.54, 1.807) is 16.7 Å². The molecule has 0 aliphatic rings. The Balaban J connectivity index is 0.00000192. The third kappa shape index (κ3) is 3.35. The molecule has 2 aromatic carbocycles. The lowest BCUT2D eigenvalue weighted by Crippen LogP contribution is -2.25. The van der Waals surface area contributed by atoms with E-state index in [0.717, 1.165) is 10.9 Å². The van der Waals surface area contributed by atoms with Crippen LogP contribution in [0.25, 0.3) is 10.9 Å². The monoisotopic (exact) mass is 310 g/mol. The van der Waals surface area contributed by atoms with E-state index in [9.17, 15) is 9.59 Å². The van der Waals surface area contributed by atoms with Crippen molar-refractivity contribution < 1.29 is 10.3 Å². The van der Waals surface area contributed by atoms with Gasteiger partial charge in [0, 0.05) is 23.9 Å². The van der Waals surface area contributed by atoms with Gasteiger partial charge in [0.1, 0.15) is 0 Å². The molecular weight excluding hydrogens is 292 g/mol. The number of carbonyl (C=O) groups excluding carboxylic acids is 1. The average molecular weight is 310 g/mol. The molecule has 23 heavy (non-hydrogen) atoms. The molecule has 0 fully saturated rings. The van der Waals surface area contributed by atoms with Gasteiger partial charge in [-0.15, -0.1) is 0 Å². The molecule has 0 aliphatic carbocycles. The van der Waals surface area contributed by atoms with Crippen LogP contribution in [0.15, 0.2) is 59.4 Å². The number of ketones is 1. The number of rotatable bonds is 4. The average Bonchev–Trinajstić information content (AvgIpc) is 2.55. The third-order valence-electron chi connectivity index (χ3n) is 3.74. The van der Waals surface area contributed by atoms with Crippen LogP contribution in [0.4, 0.5) is 0 Å². The predicted octanol–water partition coefficient (Wildman–Crippen LogP) is 2.15. The molecule has 3 rings (SSSR count). The van der Waals surface area contributed by atoms with Crippen LogP contribution in [0.2, 0.25) is 0 Å². The summed E-state index contributed by atoms with van der Waals surface area (Å²) in [5.41, 5.74) is 1.89. The number of carbonyl (C=O) groups is 1. The van der Waals surface area contributed by atoms with Crippen LogP contribution < -0.4 is 5.69 Å². The van der Waals surface area contributed by atoms with Crippen molar-refractivity contribution in [1.82, 2.24) is 9.55 Å². The highest BCUT2D eigenvalue weighted by atomic mass is 16.1. The molecule has 2 N–H and O–H groups in total. The summed E-state index contributed by atoms with van der Waals surface area (Å²) in [6.07, 6.45) is 0.276. The van der Waals surface area contributed by atoms with Crippen LogP contribution in [0.1, 0.15) is 22.5 Å². The molecule has 0 radical (unpaired) electrons. The first kappa shape index (κ1) is 16.6. The minimum atomic E-state index is -0.308. The second-order valence-corrected chi connectivity index (χ2v) is 5.19. The summed E-state index contributed by atoms with van der Waals surface area (Å²) >= 11 is 0. The van der Waals surface area contributed by atoms with Crippen molar-refractivity contribution in [3.8, 4) is 0 Å². The van der Waals surface area contributed by atoms with Crippen molar-refractivity contribution in [1.29, 1.82) is 0 Å². The minimum Gasteiger partial charge on any atom is -0.412 e. The zero-order valence-electron chi connectivity index (χ0n) is 12.8. The van der Waals surface area contributed by atoms with E-state index >= 15 is 0 Å². The van der Waals surface area contributed by atoms with Crippen molar-refractivity contribution in [3.05, 3.63) is 76.3 Å². The van der Waals surface area contributed by atoms with Crippen molar-refractivity contribution in [2.75, 3.05) is 0 Å². The minimum absolute atomic E-state index is 0. The lowest BCUT2D eigenvalue weighted by Gasteiger charge is -2.10. The highest BCUT2D eigenvalue weighted by Crippen LogP contribution is 2.15. The van der Waals surface area contributed by atoms with Crippen molar-refractivity contribution in [2.24, 2.45) is 0 Å². The Morgan fingerprint density at radius 3 is 2.43 bits per heavy atom. The SMILES string of the molecule is Cc1nc(=O)n(CCC(=O)c2ccccc2)c2ccccc12.O. The quantitative estimate of drug-likeness (QED) is 0.692. The Morgan fingerprint density at radius 1 is 1.04 bits per heavy atom. The summed E-state index contributed by atoms with van der Waals surface area (Å²) in [5.74, 6) is 0.0251. The van der Waals surface area contributed by atoms with Crippen LogP contribution in [0.5, 0.6) is 0 Å². The molecule has 1 aromatic heterocycles. The summed E-state index contributed by atoms with van der Waals surface area (Å²) in [7, 11) is 0. The van der Waals surface area contributed by atoms with E-state index in [2.05, 4.69) is 4.98 Å². The first-order valence-corrected chi connectivity index (χ1v) is 7.21. The molecule has 118 valence electrons. The standard InChI is InChI=1S/C18H16N2O2.H2O/c1-13-15-9-5-6-10-16(15)20(18(22)19-13)12-11-17(21)14-7-3-2-4-8-14;/h2-10H,11-12H2,1H3;1H2. The maximum Gasteiger partial charge on any atom is 0.348 e. The van der Waals surface area contributed by atoms with Crippen LogP contribution in [-0.4, -0.2) is 20.8 Å². The number of hydrogen-bond donors (Lipinski definition) is 0. The second-order valence-electron chi connectivity index (χ2n) is 5.19. The maximum atomic E-state index is 12.2. The summed E-state index contributed by atoms with van der Waals surface area (Å²) in [6.45, 7) is 2.16. The van der Waals surface area contributed by atoms with Gasteiger partial charge in [0.25, 0.3) is 0 Å². The fraction of sp³-hybridized carbons (Fsp3) is 0.167. The van der Waals surface area contributed by atoms with E-state index < -0.39 is 0 Å². The molecule has 0 saturated heterocycles. The van der Waals surface area contributed by atoms with E-state index in [0.29, 0.717) is 17.8 Å². The van der Waals surface area contributed by atoms with Crippen molar-refractivity contribution >= 4 is 16.7 Å². The Bertz CT molecular complexity index is 886. The molecule has 0 unspecified atom stereocenters. The number of aryl methyl sites for hydroxylation is 2. The summed E-state index contributed by atoms with van der Waals surface area (Å²) in [4.78, 5) is 28.4. The predicted molar refractivity (Wildman–Crippen MR) is 89.7 cm³/mol.